The van der Waals surface area contributed by atoms with Gasteiger partial charge in [0.15, 0.2) is 17.1 Å². The molecule has 0 bridgehead atoms. The normalized spacial score (nSPS) is 13.9. The molecule has 0 atom stereocenters. The Morgan fingerprint density at radius 2 is 1.69 bits per heavy atom. The SMILES string of the molecule is c1ccc(-n2ncc3c2ncn2nc(Cn4c5c(c6ccccc64)CCCC5)nc32)cc1. The van der Waals surface area contributed by atoms with Gasteiger partial charge in [0.1, 0.15) is 6.33 Å². The first-order chi connectivity index (χ1) is 15.9. The van der Waals surface area contributed by atoms with E-state index in [0.717, 1.165) is 41.0 Å². The number of para-hydroxylation sites is 2. The third-order valence-electron chi connectivity index (χ3n) is 6.53. The molecule has 32 heavy (non-hydrogen) atoms. The molecule has 7 nitrogen and oxygen atoms in total. The maximum Gasteiger partial charge on any atom is 0.171 e. The highest BCUT2D eigenvalue weighted by Gasteiger charge is 2.21. The number of aromatic nitrogens is 7. The Morgan fingerprint density at radius 3 is 2.62 bits per heavy atom. The van der Waals surface area contributed by atoms with Crippen molar-refractivity contribution in [3.8, 4) is 5.69 Å². The first kappa shape index (κ1) is 17.7. The summed E-state index contributed by atoms with van der Waals surface area (Å²) in [6, 6.07) is 18.8. The Hall–Kier alpha value is -4.00. The van der Waals surface area contributed by atoms with Gasteiger partial charge in [-0.1, -0.05) is 36.4 Å². The third kappa shape index (κ3) is 2.54. The summed E-state index contributed by atoms with van der Waals surface area (Å²) < 4.78 is 6.03. The Labute approximate surface area is 183 Å². The summed E-state index contributed by atoms with van der Waals surface area (Å²) in [5.41, 5.74) is 6.77. The fourth-order valence-electron chi connectivity index (χ4n) is 5.10. The van der Waals surface area contributed by atoms with E-state index < -0.39 is 0 Å². The van der Waals surface area contributed by atoms with Crippen molar-refractivity contribution in [2.45, 2.75) is 32.2 Å². The van der Waals surface area contributed by atoms with Crippen molar-refractivity contribution in [3.63, 3.8) is 0 Å². The van der Waals surface area contributed by atoms with Crippen molar-refractivity contribution >= 4 is 27.6 Å². The molecule has 0 aliphatic heterocycles. The third-order valence-corrected chi connectivity index (χ3v) is 6.53. The molecule has 0 unspecified atom stereocenters. The van der Waals surface area contributed by atoms with Crippen molar-refractivity contribution in [2.75, 3.05) is 0 Å². The van der Waals surface area contributed by atoms with Gasteiger partial charge in [0.25, 0.3) is 0 Å². The molecule has 0 radical (unpaired) electrons. The fourth-order valence-corrected chi connectivity index (χ4v) is 5.10. The van der Waals surface area contributed by atoms with E-state index in [9.17, 15) is 0 Å². The molecule has 6 aromatic rings. The summed E-state index contributed by atoms with van der Waals surface area (Å²) in [6.45, 7) is 0.659. The van der Waals surface area contributed by atoms with Crippen LogP contribution in [0.15, 0.2) is 67.1 Å². The van der Waals surface area contributed by atoms with Crippen molar-refractivity contribution in [1.29, 1.82) is 0 Å². The van der Waals surface area contributed by atoms with E-state index in [2.05, 4.69) is 38.9 Å². The van der Waals surface area contributed by atoms with Gasteiger partial charge in [-0.05, 0) is 49.4 Å². The number of aryl methyl sites for hydroxylation is 1. The summed E-state index contributed by atoms with van der Waals surface area (Å²) in [5.74, 6) is 0.792. The average molecular weight is 419 g/mol. The van der Waals surface area contributed by atoms with Crippen LogP contribution in [0.4, 0.5) is 0 Å². The number of nitrogens with zero attached hydrogens (tertiary/aromatic N) is 7. The lowest BCUT2D eigenvalue weighted by atomic mass is 9.96. The second-order valence-corrected chi connectivity index (χ2v) is 8.41. The minimum absolute atomic E-state index is 0.659. The second kappa shape index (κ2) is 6.75. The minimum atomic E-state index is 0.659. The van der Waals surface area contributed by atoms with Gasteiger partial charge in [-0.3, -0.25) is 0 Å². The Morgan fingerprint density at radius 1 is 0.844 bits per heavy atom. The summed E-state index contributed by atoms with van der Waals surface area (Å²) >= 11 is 0. The second-order valence-electron chi connectivity index (χ2n) is 8.41. The van der Waals surface area contributed by atoms with Crippen LogP contribution in [0.5, 0.6) is 0 Å². The van der Waals surface area contributed by atoms with Gasteiger partial charge in [0.05, 0.1) is 23.8 Å². The molecule has 4 aromatic heterocycles. The van der Waals surface area contributed by atoms with E-state index in [1.54, 1.807) is 10.8 Å². The molecule has 0 saturated heterocycles. The highest BCUT2D eigenvalue weighted by Crippen LogP contribution is 2.32. The minimum Gasteiger partial charge on any atom is -0.337 e. The molecule has 1 aliphatic carbocycles. The zero-order chi connectivity index (χ0) is 21.1. The smallest absolute Gasteiger partial charge is 0.171 e. The van der Waals surface area contributed by atoms with Crippen LogP contribution in [0.2, 0.25) is 0 Å². The fraction of sp³-hybridized carbons (Fsp3) is 0.200. The zero-order valence-corrected chi connectivity index (χ0v) is 17.5. The van der Waals surface area contributed by atoms with Gasteiger partial charge >= 0.3 is 0 Å². The van der Waals surface area contributed by atoms with Crippen LogP contribution in [0.25, 0.3) is 33.3 Å². The predicted molar refractivity (Wildman–Crippen MR) is 123 cm³/mol. The molecule has 0 amide bonds. The molecule has 0 saturated carbocycles. The largest absolute Gasteiger partial charge is 0.337 e. The zero-order valence-electron chi connectivity index (χ0n) is 17.5. The topological polar surface area (TPSA) is 65.8 Å². The lowest BCUT2D eigenvalue weighted by molar-refractivity contribution is 0.629. The number of rotatable bonds is 3. The molecule has 7 heteroatoms. The van der Waals surface area contributed by atoms with Crippen molar-refractivity contribution in [2.24, 2.45) is 0 Å². The van der Waals surface area contributed by atoms with Gasteiger partial charge in [0.2, 0.25) is 0 Å². The molecular weight excluding hydrogens is 398 g/mol. The highest BCUT2D eigenvalue weighted by molar-refractivity contribution is 5.89. The summed E-state index contributed by atoms with van der Waals surface area (Å²) in [5, 5.41) is 11.6. The number of hydrogen-bond donors (Lipinski definition) is 0. The quantitative estimate of drug-likeness (QED) is 0.428. The van der Waals surface area contributed by atoms with Crippen LogP contribution >= 0.6 is 0 Å². The summed E-state index contributed by atoms with van der Waals surface area (Å²) in [7, 11) is 0. The van der Waals surface area contributed by atoms with Crippen LogP contribution in [-0.4, -0.2) is 33.9 Å². The number of benzene rings is 2. The van der Waals surface area contributed by atoms with Gasteiger partial charge in [-0.2, -0.15) is 5.10 Å². The number of fused-ring (bicyclic) bond motifs is 6. The maximum absolute atomic E-state index is 4.92. The van der Waals surface area contributed by atoms with E-state index >= 15 is 0 Å². The summed E-state index contributed by atoms with van der Waals surface area (Å²) in [6.07, 6.45) is 8.35. The molecule has 0 spiro atoms. The first-order valence-corrected chi connectivity index (χ1v) is 11.1. The van der Waals surface area contributed by atoms with Crippen LogP contribution in [-0.2, 0) is 19.4 Å². The average Bonchev–Trinajstić information content (AvgIpc) is 3.54. The maximum atomic E-state index is 4.92. The van der Waals surface area contributed by atoms with Crippen LogP contribution < -0.4 is 0 Å². The Balaban J connectivity index is 1.35. The van der Waals surface area contributed by atoms with Crippen molar-refractivity contribution in [1.82, 2.24) is 33.9 Å². The van der Waals surface area contributed by atoms with Crippen LogP contribution in [0, 0.1) is 0 Å². The monoisotopic (exact) mass is 419 g/mol. The lowest BCUT2D eigenvalue weighted by Gasteiger charge is -2.15. The van der Waals surface area contributed by atoms with Gasteiger partial charge < -0.3 is 4.57 Å². The molecule has 4 heterocycles. The van der Waals surface area contributed by atoms with Crippen LogP contribution in [0.1, 0.15) is 29.9 Å². The highest BCUT2D eigenvalue weighted by atomic mass is 15.4. The predicted octanol–water partition coefficient (Wildman–Crippen LogP) is 4.35. The van der Waals surface area contributed by atoms with E-state index in [1.165, 1.54) is 35.0 Å². The molecule has 156 valence electrons. The van der Waals surface area contributed by atoms with Crippen molar-refractivity contribution < 1.29 is 0 Å². The van der Waals surface area contributed by atoms with Crippen molar-refractivity contribution in [3.05, 3.63) is 84.2 Å². The molecule has 2 aromatic carbocycles. The molecule has 0 N–H and O–H groups in total. The molecule has 7 rings (SSSR count). The van der Waals surface area contributed by atoms with Gasteiger partial charge in [-0.25, -0.2) is 19.2 Å². The van der Waals surface area contributed by atoms with E-state index in [4.69, 9.17) is 10.1 Å². The van der Waals surface area contributed by atoms with E-state index in [-0.39, 0.29) is 0 Å². The van der Waals surface area contributed by atoms with E-state index in [1.807, 2.05) is 41.2 Å². The molecular formula is C25H21N7. The van der Waals surface area contributed by atoms with Gasteiger partial charge in [-0.15, -0.1) is 5.10 Å². The summed E-state index contributed by atoms with van der Waals surface area (Å²) in [4.78, 5) is 9.55. The lowest BCUT2D eigenvalue weighted by Crippen LogP contribution is -2.10. The molecule has 1 aliphatic rings. The first-order valence-electron chi connectivity index (χ1n) is 11.1. The number of hydrogen-bond acceptors (Lipinski definition) is 4. The Bertz CT molecular complexity index is 1600. The van der Waals surface area contributed by atoms with Gasteiger partial charge in [0, 0.05) is 16.6 Å². The van der Waals surface area contributed by atoms with E-state index in [0.29, 0.717) is 6.54 Å². The van der Waals surface area contributed by atoms with Crippen LogP contribution in [0.3, 0.4) is 0 Å². The standard InChI is InChI=1S/C25H21N7/c1-2-8-17(9-3-1)32-24-20(14-27-32)25-28-23(29-31(25)16-26-24)15-30-21-12-6-4-10-18(21)19-11-5-7-13-22(19)30/h1-4,6,8-10,12,14,16H,5,7,11,13,15H2. The Kier molecular flexibility index (Phi) is 3.72. The molecule has 0 fully saturated rings.